The summed E-state index contributed by atoms with van der Waals surface area (Å²) in [6, 6.07) is 0. The lowest BCUT2D eigenvalue weighted by atomic mass is 10.2. The lowest BCUT2D eigenvalue weighted by molar-refractivity contribution is 0.0528. The summed E-state index contributed by atoms with van der Waals surface area (Å²) < 4.78 is 9.01. The maximum absolute atomic E-state index is 11.8. The first kappa shape index (κ1) is 15.7. The number of nitrogens with zero attached hydrogens (tertiary/aromatic N) is 2. The van der Waals surface area contributed by atoms with Gasteiger partial charge in [-0.05, 0) is 37.7 Å². The molecule has 0 amide bonds. The van der Waals surface area contributed by atoms with Gasteiger partial charge in [0, 0.05) is 20.2 Å². The van der Waals surface area contributed by atoms with Crippen LogP contribution in [0.25, 0.3) is 0 Å². The van der Waals surface area contributed by atoms with Crippen molar-refractivity contribution in [1.29, 1.82) is 0 Å². The molecule has 0 saturated carbocycles. The Morgan fingerprint density at radius 1 is 1.47 bits per heavy atom. The minimum absolute atomic E-state index is 0.214. The molecule has 6 nitrogen and oxygen atoms in total. The van der Waals surface area contributed by atoms with Crippen molar-refractivity contribution >= 4 is 28.3 Å². The van der Waals surface area contributed by atoms with Gasteiger partial charge in [0.1, 0.15) is 10.6 Å². The predicted octanol–water partition coefficient (Wildman–Crippen LogP) is 1.50. The summed E-state index contributed by atoms with van der Waals surface area (Å²) in [5.41, 5.74) is 6.08. The average Bonchev–Trinajstić information content (AvgIpc) is 2.77. The number of aliphatic hydroxyl groups excluding tert-OH is 1. The number of nitrogen functional groups attached to an aromatic ring is 1. The Labute approximate surface area is 117 Å². The quantitative estimate of drug-likeness (QED) is 0.556. The van der Waals surface area contributed by atoms with E-state index in [1.54, 1.807) is 6.92 Å². The third-order valence-corrected chi connectivity index (χ3v) is 3.66. The normalized spacial score (nSPS) is 10.5. The maximum atomic E-state index is 11.8. The van der Waals surface area contributed by atoms with Gasteiger partial charge in [0.2, 0.25) is 0 Å². The summed E-state index contributed by atoms with van der Waals surface area (Å²) in [6.07, 6.45) is 2.68. The molecular weight excluding hydrogens is 266 g/mol. The Morgan fingerprint density at radius 3 is 2.84 bits per heavy atom. The van der Waals surface area contributed by atoms with Crippen LogP contribution in [-0.2, 0) is 4.74 Å². The summed E-state index contributed by atoms with van der Waals surface area (Å²) in [7, 11) is 1.90. The Kier molecular flexibility index (Phi) is 6.58. The van der Waals surface area contributed by atoms with E-state index in [4.69, 9.17) is 15.6 Å². The molecule has 0 radical (unpaired) electrons. The molecule has 1 rings (SSSR count). The highest BCUT2D eigenvalue weighted by molar-refractivity contribution is 7.11. The van der Waals surface area contributed by atoms with Gasteiger partial charge in [0.05, 0.1) is 6.61 Å². The summed E-state index contributed by atoms with van der Waals surface area (Å²) in [6.45, 7) is 3.07. The second kappa shape index (κ2) is 7.96. The molecule has 0 bridgehead atoms. The molecule has 0 atom stereocenters. The van der Waals surface area contributed by atoms with Gasteiger partial charge < -0.3 is 20.5 Å². The van der Waals surface area contributed by atoms with Gasteiger partial charge in [-0.25, -0.2) is 4.79 Å². The van der Waals surface area contributed by atoms with Crippen LogP contribution in [0.1, 0.15) is 36.5 Å². The maximum Gasteiger partial charge on any atom is 0.345 e. The number of unbranched alkanes of at least 4 members (excludes halogenated alkanes) is 2. The van der Waals surface area contributed by atoms with E-state index in [0.717, 1.165) is 30.8 Å². The zero-order valence-electron chi connectivity index (χ0n) is 11.4. The van der Waals surface area contributed by atoms with Crippen LogP contribution in [0.3, 0.4) is 0 Å². The van der Waals surface area contributed by atoms with E-state index in [1.165, 1.54) is 11.5 Å². The van der Waals surface area contributed by atoms with E-state index in [0.29, 0.717) is 12.2 Å². The molecule has 0 fully saturated rings. The van der Waals surface area contributed by atoms with Crippen LogP contribution in [-0.4, -0.2) is 42.3 Å². The van der Waals surface area contributed by atoms with Crippen LogP contribution in [0.2, 0.25) is 0 Å². The number of anilines is 2. The van der Waals surface area contributed by atoms with Crippen molar-refractivity contribution in [3.63, 3.8) is 0 Å². The highest BCUT2D eigenvalue weighted by atomic mass is 32.1. The van der Waals surface area contributed by atoms with Crippen molar-refractivity contribution in [1.82, 2.24) is 4.37 Å². The fraction of sp³-hybridized carbons (Fsp3) is 0.667. The predicted molar refractivity (Wildman–Crippen MR) is 76.7 cm³/mol. The minimum atomic E-state index is -0.425. The number of carbonyl (C=O) groups is 1. The molecule has 0 aliphatic rings. The molecule has 7 heteroatoms. The van der Waals surface area contributed by atoms with Gasteiger partial charge in [0.15, 0.2) is 5.82 Å². The van der Waals surface area contributed by atoms with Gasteiger partial charge in [-0.3, -0.25) is 0 Å². The van der Waals surface area contributed by atoms with Crippen molar-refractivity contribution in [3.8, 4) is 0 Å². The first-order valence-corrected chi connectivity index (χ1v) is 7.13. The van der Waals surface area contributed by atoms with Gasteiger partial charge in [-0.15, -0.1) is 0 Å². The van der Waals surface area contributed by atoms with Crippen LogP contribution < -0.4 is 10.6 Å². The Morgan fingerprint density at radius 2 is 2.21 bits per heavy atom. The van der Waals surface area contributed by atoms with E-state index in [9.17, 15) is 4.79 Å². The fourth-order valence-electron chi connectivity index (χ4n) is 1.69. The van der Waals surface area contributed by atoms with Crippen LogP contribution in [0.4, 0.5) is 10.8 Å². The lowest BCUT2D eigenvalue weighted by Crippen LogP contribution is -2.20. The Balaban J connectivity index is 2.69. The van der Waals surface area contributed by atoms with Crippen LogP contribution in [0.15, 0.2) is 0 Å². The molecule has 0 aliphatic carbocycles. The number of nitrogens with two attached hydrogens (primary N) is 1. The minimum Gasteiger partial charge on any atom is -0.462 e. The molecule has 108 valence electrons. The molecule has 1 aromatic heterocycles. The number of carbonyl (C=O) groups excluding carboxylic acids is 1. The number of esters is 1. The Bertz CT molecular complexity index is 409. The van der Waals surface area contributed by atoms with E-state index in [-0.39, 0.29) is 12.4 Å². The Hall–Kier alpha value is -1.34. The first-order valence-electron chi connectivity index (χ1n) is 6.36. The van der Waals surface area contributed by atoms with Crippen molar-refractivity contribution in [2.75, 3.05) is 37.4 Å². The van der Waals surface area contributed by atoms with Crippen molar-refractivity contribution in [2.24, 2.45) is 0 Å². The zero-order chi connectivity index (χ0) is 14.3. The van der Waals surface area contributed by atoms with E-state index >= 15 is 0 Å². The molecular formula is C12H21N3O3S. The number of ether oxygens (including phenoxy) is 1. The van der Waals surface area contributed by atoms with Crippen LogP contribution in [0, 0.1) is 0 Å². The molecule has 0 aliphatic heterocycles. The average molecular weight is 287 g/mol. The topological polar surface area (TPSA) is 88.7 Å². The van der Waals surface area contributed by atoms with Gasteiger partial charge >= 0.3 is 5.97 Å². The van der Waals surface area contributed by atoms with Crippen LogP contribution >= 0.6 is 11.5 Å². The van der Waals surface area contributed by atoms with E-state index in [1.807, 2.05) is 11.9 Å². The van der Waals surface area contributed by atoms with Gasteiger partial charge in [-0.2, -0.15) is 4.37 Å². The first-order chi connectivity index (χ1) is 9.11. The molecule has 1 aromatic rings. The smallest absolute Gasteiger partial charge is 0.345 e. The highest BCUT2D eigenvalue weighted by Crippen LogP contribution is 2.30. The molecule has 0 spiro atoms. The SMILES string of the molecule is CCOC(=O)c1c(N)nsc1N(C)CCCCCO. The molecule has 1 heterocycles. The zero-order valence-corrected chi connectivity index (χ0v) is 12.2. The standard InChI is InChI=1S/C12H21N3O3S/c1-3-18-12(17)9-10(13)14-19-11(9)15(2)7-5-4-6-8-16/h16H,3-8H2,1-2H3,(H2,13,14). The second-order valence-corrected chi connectivity index (χ2v) is 4.93. The number of hydrogen-bond donors (Lipinski definition) is 2. The second-order valence-electron chi connectivity index (χ2n) is 4.17. The number of hydrogen-bond acceptors (Lipinski definition) is 7. The third-order valence-electron chi connectivity index (χ3n) is 2.68. The van der Waals surface area contributed by atoms with Gasteiger partial charge in [-0.1, -0.05) is 0 Å². The number of aliphatic hydroxyl groups is 1. The fourth-order valence-corrected chi connectivity index (χ4v) is 2.47. The largest absolute Gasteiger partial charge is 0.462 e. The lowest BCUT2D eigenvalue weighted by Gasteiger charge is -2.17. The molecule has 0 saturated heterocycles. The summed E-state index contributed by atoms with van der Waals surface area (Å²) >= 11 is 1.20. The number of aromatic nitrogens is 1. The summed E-state index contributed by atoms with van der Waals surface area (Å²) in [5, 5.41) is 9.46. The highest BCUT2D eigenvalue weighted by Gasteiger charge is 2.22. The molecule has 0 aromatic carbocycles. The van der Waals surface area contributed by atoms with Crippen molar-refractivity contribution in [2.45, 2.75) is 26.2 Å². The van der Waals surface area contributed by atoms with Crippen molar-refractivity contribution in [3.05, 3.63) is 5.56 Å². The molecule has 0 unspecified atom stereocenters. The monoisotopic (exact) mass is 287 g/mol. The van der Waals surface area contributed by atoms with Crippen LogP contribution in [0.5, 0.6) is 0 Å². The van der Waals surface area contributed by atoms with E-state index < -0.39 is 5.97 Å². The summed E-state index contributed by atoms with van der Waals surface area (Å²) in [4.78, 5) is 13.8. The molecule has 19 heavy (non-hydrogen) atoms. The number of rotatable bonds is 8. The third kappa shape index (κ3) is 4.36. The molecule has 3 N–H and O–H groups in total. The van der Waals surface area contributed by atoms with Crippen molar-refractivity contribution < 1.29 is 14.6 Å². The summed E-state index contributed by atoms with van der Waals surface area (Å²) in [5.74, 6) is -0.202. The van der Waals surface area contributed by atoms with Gasteiger partial charge in [0.25, 0.3) is 0 Å². The van der Waals surface area contributed by atoms with E-state index in [2.05, 4.69) is 4.37 Å².